The molecule has 2 heterocycles. The number of fused-ring (bicyclic) bond motifs is 6. The molecule has 2 aromatic heterocycles. The van der Waals surface area contributed by atoms with Crippen LogP contribution in [-0.4, -0.2) is 11.6 Å². The summed E-state index contributed by atoms with van der Waals surface area (Å²) in [6.07, 6.45) is 0. The maximum absolute atomic E-state index is 2.38. The van der Waals surface area contributed by atoms with Gasteiger partial charge in [0.15, 0.2) is 0 Å². The fraction of sp³-hybridized carbons (Fsp3) is 0.0204. The maximum Gasteiger partial charge on any atom is 0.0542 e. The van der Waals surface area contributed by atoms with Gasteiger partial charge in [-0.15, -0.1) is 11.3 Å². The van der Waals surface area contributed by atoms with Crippen LogP contribution in [0.2, 0.25) is 0 Å². The Bertz CT molecular complexity index is 2910. The number of anilines is 5. The Morgan fingerprint density at radius 3 is 1.87 bits per heavy atom. The summed E-state index contributed by atoms with van der Waals surface area (Å²) < 4.78 is 4.96. The quantitative estimate of drug-likeness (QED) is 0.164. The van der Waals surface area contributed by atoms with Crippen molar-refractivity contribution < 1.29 is 0 Å². The zero-order chi connectivity index (χ0) is 35.3. The number of hydrogen-bond donors (Lipinski definition) is 0. The summed E-state index contributed by atoms with van der Waals surface area (Å²) in [5.41, 5.74) is 11.7. The fourth-order valence-corrected chi connectivity index (χ4v) is 9.03. The lowest BCUT2D eigenvalue weighted by Crippen LogP contribution is -2.10. The summed E-state index contributed by atoms with van der Waals surface area (Å²) in [4.78, 5) is 4.67. The lowest BCUT2D eigenvalue weighted by Gasteiger charge is -2.26. The Hall–Kier alpha value is -6.62. The van der Waals surface area contributed by atoms with Crippen LogP contribution in [0.5, 0.6) is 0 Å². The molecule has 0 fully saturated rings. The third-order valence-electron chi connectivity index (χ3n) is 10.4. The Balaban J connectivity index is 1.09. The van der Waals surface area contributed by atoms with Crippen molar-refractivity contribution in [1.29, 1.82) is 0 Å². The van der Waals surface area contributed by atoms with E-state index in [-0.39, 0.29) is 0 Å². The average Bonchev–Trinajstić information content (AvgIpc) is 3.77. The number of rotatable bonds is 7. The van der Waals surface area contributed by atoms with Crippen molar-refractivity contribution in [2.24, 2.45) is 0 Å². The summed E-state index contributed by atoms with van der Waals surface area (Å²) in [5, 5.41) is 5.06. The molecule has 0 amide bonds. The van der Waals surface area contributed by atoms with Crippen LogP contribution in [0.4, 0.5) is 28.4 Å². The average molecular weight is 698 g/mol. The maximum atomic E-state index is 2.38. The Labute approximate surface area is 312 Å². The zero-order valence-electron chi connectivity index (χ0n) is 29.2. The topological polar surface area (TPSA) is 11.4 Å². The lowest BCUT2D eigenvalue weighted by molar-refractivity contribution is 1.18. The van der Waals surface area contributed by atoms with E-state index in [4.69, 9.17) is 0 Å². The van der Waals surface area contributed by atoms with Gasteiger partial charge in [-0.05, 0) is 102 Å². The SMILES string of the molecule is CN(c1ccccc1)c1cccc2sc3cc(-c4cccc(N(c5ccccc5)c5ccc6c(c5)c5ccccc5n6-c5ccccc5)c4)ccc3c12. The molecule has 0 spiro atoms. The molecule has 0 saturated heterocycles. The van der Waals surface area contributed by atoms with Crippen LogP contribution >= 0.6 is 11.3 Å². The monoisotopic (exact) mass is 697 g/mol. The summed E-state index contributed by atoms with van der Waals surface area (Å²) in [6, 6.07) is 70.1. The van der Waals surface area contributed by atoms with E-state index in [0.29, 0.717) is 0 Å². The first-order valence-electron chi connectivity index (χ1n) is 18.0. The summed E-state index contributed by atoms with van der Waals surface area (Å²) in [5.74, 6) is 0. The van der Waals surface area contributed by atoms with Crippen LogP contribution in [0.1, 0.15) is 0 Å². The zero-order valence-corrected chi connectivity index (χ0v) is 30.0. The molecular formula is C49H35N3S. The minimum absolute atomic E-state index is 1.11. The molecule has 3 nitrogen and oxygen atoms in total. The normalized spacial score (nSPS) is 11.5. The second kappa shape index (κ2) is 12.9. The highest BCUT2D eigenvalue weighted by molar-refractivity contribution is 7.26. The molecule has 53 heavy (non-hydrogen) atoms. The van der Waals surface area contributed by atoms with Gasteiger partial charge in [0.1, 0.15) is 0 Å². The van der Waals surface area contributed by atoms with Crippen molar-refractivity contribution >= 4 is 81.8 Å². The van der Waals surface area contributed by atoms with Crippen LogP contribution in [0.25, 0.3) is 58.8 Å². The van der Waals surface area contributed by atoms with Gasteiger partial charge in [0.25, 0.3) is 0 Å². The van der Waals surface area contributed by atoms with Crippen LogP contribution in [0, 0.1) is 0 Å². The van der Waals surface area contributed by atoms with E-state index in [1.807, 2.05) is 11.3 Å². The number of nitrogens with zero attached hydrogens (tertiary/aromatic N) is 3. The third-order valence-corrected chi connectivity index (χ3v) is 11.5. The van der Waals surface area contributed by atoms with E-state index in [0.717, 1.165) is 22.7 Å². The molecule has 252 valence electrons. The predicted octanol–water partition coefficient (Wildman–Crippen LogP) is 14.1. The first-order valence-corrected chi connectivity index (χ1v) is 18.8. The van der Waals surface area contributed by atoms with Crippen molar-refractivity contribution in [3.8, 4) is 16.8 Å². The van der Waals surface area contributed by atoms with E-state index < -0.39 is 0 Å². The van der Waals surface area contributed by atoms with Gasteiger partial charge in [-0.2, -0.15) is 0 Å². The summed E-state index contributed by atoms with van der Waals surface area (Å²) >= 11 is 1.86. The molecule has 10 rings (SSSR count). The first kappa shape index (κ1) is 31.1. The van der Waals surface area contributed by atoms with Crippen molar-refractivity contribution in [2.45, 2.75) is 0 Å². The summed E-state index contributed by atoms with van der Waals surface area (Å²) in [6.45, 7) is 0. The highest BCUT2D eigenvalue weighted by atomic mass is 32.1. The fourth-order valence-electron chi connectivity index (χ4n) is 7.86. The largest absolute Gasteiger partial charge is 0.344 e. The molecule has 0 aliphatic heterocycles. The molecular weight excluding hydrogens is 663 g/mol. The molecule has 8 aromatic carbocycles. The van der Waals surface area contributed by atoms with Crippen molar-refractivity contribution in [1.82, 2.24) is 4.57 Å². The van der Waals surface area contributed by atoms with Gasteiger partial charge in [0.2, 0.25) is 0 Å². The highest BCUT2D eigenvalue weighted by Crippen LogP contribution is 2.44. The van der Waals surface area contributed by atoms with E-state index in [2.05, 4.69) is 216 Å². The van der Waals surface area contributed by atoms with Crippen LogP contribution in [0.15, 0.2) is 194 Å². The minimum Gasteiger partial charge on any atom is -0.344 e. The third kappa shape index (κ3) is 5.35. The van der Waals surface area contributed by atoms with Gasteiger partial charge < -0.3 is 14.4 Å². The Kier molecular flexibility index (Phi) is 7.55. The smallest absolute Gasteiger partial charge is 0.0542 e. The van der Waals surface area contributed by atoms with Crippen molar-refractivity contribution in [3.63, 3.8) is 0 Å². The molecule has 0 N–H and O–H groups in total. The van der Waals surface area contributed by atoms with Crippen molar-refractivity contribution in [2.75, 3.05) is 16.8 Å². The van der Waals surface area contributed by atoms with Crippen LogP contribution in [0.3, 0.4) is 0 Å². The molecule has 0 aliphatic carbocycles. The van der Waals surface area contributed by atoms with Gasteiger partial charge >= 0.3 is 0 Å². The second-order valence-electron chi connectivity index (χ2n) is 13.5. The molecule has 0 radical (unpaired) electrons. The van der Waals surface area contributed by atoms with Gasteiger partial charge in [-0.3, -0.25) is 0 Å². The number of para-hydroxylation sites is 4. The number of thiophene rings is 1. The number of benzene rings is 8. The highest BCUT2D eigenvalue weighted by Gasteiger charge is 2.19. The first-order chi connectivity index (χ1) is 26.2. The second-order valence-corrected chi connectivity index (χ2v) is 14.6. The van der Waals surface area contributed by atoms with Crippen molar-refractivity contribution in [3.05, 3.63) is 194 Å². The molecule has 0 unspecified atom stereocenters. The van der Waals surface area contributed by atoms with Gasteiger partial charge in [0.05, 0.1) is 16.7 Å². The van der Waals surface area contributed by atoms with Gasteiger partial charge in [0, 0.05) is 66.4 Å². The standard InChI is InChI=1S/C49H35N3S/c1-50(36-16-5-2-6-17-36)46-25-14-26-47-49(46)42-29-27-35(32-48(42)53-47)34-15-13-22-39(31-34)51(37-18-7-3-8-19-37)40-28-30-45-43(33-40)41-23-11-12-24-44(41)52(45)38-20-9-4-10-21-38/h2-33H,1H3. The molecule has 0 bridgehead atoms. The Morgan fingerprint density at radius 2 is 1.06 bits per heavy atom. The van der Waals surface area contributed by atoms with Gasteiger partial charge in [-0.25, -0.2) is 0 Å². The van der Waals surface area contributed by atoms with E-state index in [9.17, 15) is 0 Å². The number of hydrogen-bond acceptors (Lipinski definition) is 3. The minimum atomic E-state index is 1.11. The molecule has 0 saturated carbocycles. The van der Waals surface area contributed by atoms with Crippen LogP contribution < -0.4 is 9.80 Å². The lowest BCUT2D eigenvalue weighted by atomic mass is 10.0. The van der Waals surface area contributed by atoms with E-state index in [1.54, 1.807) is 0 Å². The Morgan fingerprint density at radius 1 is 0.415 bits per heavy atom. The molecule has 10 aromatic rings. The molecule has 4 heteroatoms. The predicted molar refractivity (Wildman–Crippen MR) is 228 cm³/mol. The summed E-state index contributed by atoms with van der Waals surface area (Å²) in [7, 11) is 2.16. The molecule has 0 aliphatic rings. The van der Waals surface area contributed by atoms with E-state index in [1.165, 1.54) is 64.5 Å². The molecule has 0 atom stereocenters. The van der Waals surface area contributed by atoms with Crippen LogP contribution in [-0.2, 0) is 0 Å². The van der Waals surface area contributed by atoms with Gasteiger partial charge in [-0.1, -0.05) is 103 Å². The van der Waals surface area contributed by atoms with E-state index >= 15 is 0 Å². The number of aromatic nitrogens is 1.